The van der Waals surface area contributed by atoms with Crippen LogP contribution >= 0.6 is 0 Å². The Labute approximate surface area is 169 Å². The highest BCUT2D eigenvalue weighted by Crippen LogP contribution is 2.31. The molecule has 1 aliphatic carbocycles. The Morgan fingerprint density at radius 1 is 1.41 bits per heavy atom. The minimum Gasteiger partial charge on any atom is -0.465 e. The molecule has 3 aliphatic rings. The van der Waals surface area contributed by atoms with Gasteiger partial charge < -0.3 is 30.7 Å². The fourth-order valence-electron chi connectivity index (χ4n) is 4.21. The first-order valence-corrected chi connectivity index (χ1v) is 10.1. The number of nitrogens with one attached hydrogen (secondary N) is 1. The fraction of sp³-hybridized carbons (Fsp3) is 0.684. The Hall–Kier alpha value is -2.64. The van der Waals surface area contributed by atoms with E-state index in [0.717, 1.165) is 49.3 Å². The van der Waals surface area contributed by atoms with Gasteiger partial charge in [-0.1, -0.05) is 0 Å². The molecule has 0 aromatic carbocycles. The van der Waals surface area contributed by atoms with E-state index in [1.807, 2.05) is 0 Å². The largest absolute Gasteiger partial charge is 0.465 e. The van der Waals surface area contributed by atoms with Gasteiger partial charge in [0.1, 0.15) is 12.4 Å². The van der Waals surface area contributed by atoms with Crippen LogP contribution in [0.15, 0.2) is 0 Å². The molecule has 1 aromatic heterocycles. The number of carboxylic acid groups (broad SMARTS) is 1. The van der Waals surface area contributed by atoms with Gasteiger partial charge >= 0.3 is 12.1 Å². The minimum absolute atomic E-state index is 0.149. The zero-order valence-corrected chi connectivity index (χ0v) is 16.4. The first-order chi connectivity index (χ1) is 14.0. The van der Waals surface area contributed by atoms with E-state index in [4.69, 9.17) is 20.7 Å². The maximum absolute atomic E-state index is 11.5. The molecule has 156 valence electrons. The predicted octanol–water partition coefficient (Wildman–Crippen LogP) is 0.465. The molecule has 1 unspecified atom stereocenters. The first-order valence-electron chi connectivity index (χ1n) is 10.1. The number of anilines is 1. The fourth-order valence-corrected chi connectivity index (χ4v) is 4.21. The topological polar surface area (TPSA) is 141 Å². The van der Waals surface area contributed by atoms with Gasteiger partial charge in [0.05, 0.1) is 29.8 Å². The van der Waals surface area contributed by atoms with Crippen molar-refractivity contribution in [2.45, 2.75) is 50.2 Å². The number of nitriles is 1. The smallest absolute Gasteiger partial charge is 0.407 e. The number of rotatable bonds is 5. The lowest BCUT2D eigenvalue weighted by molar-refractivity contribution is 0.118. The van der Waals surface area contributed by atoms with Gasteiger partial charge in [0.25, 0.3) is 0 Å². The highest BCUT2D eigenvalue weighted by atomic mass is 16.5. The number of ether oxygens (including phenoxy) is 1. The number of nitrogens with zero attached hydrogens (tertiary/aromatic N) is 5. The Bertz CT molecular complexity index is 821. The summed E-state index contributed by atoms with van der Waals surface area (Å²) >= 11 is 0. The molecule has 10 nitrogen and oxygen atoms in total. The van der Waals surface area contributed by atoms with Gasteiger partial charge in [-0.2, -0.15) is 15.2 Å². The number of fused-ring (bicyclic) bond motifs is 1. The van der Waals surface area contributed by atoms with Crippen molar-refractivity contribution in [1.82, 2.24) is 20.2 Å². The summed E-state index contributed by atoms with van der Waals surface area (Å²) in [5, 5.41) is 21.9. The molecule has 0 bridgehead atoms. The molecule has 1 saturated carbocycles. The second kappa shape index (κ2) is 8.00. The van der Waals surface area contributed by atoms with Crippen LogP contribution in [0.4, 0.5) is 10.6 Å². The van der Waals surface area contributed by atoms with E-state index in [0.29, 0.717) is 38.8 Å². The van der Waals surface area contributed by atoms with Crippen LogP contribution in [0.3, 0.4) is 0 Å². The summed E-state index contributed by atoms with van der Waals surface area (Å²) < 4.78 is 5.89. The van der Waals surface area contributed by atoms with Crippen LogP contribution in [0, 0.1) is 11.3 Å². The normalized spacial score (nSPS) is 23.0. The van der Waals surface area contributed by atoms with Crippen molar-refractivity contribution in [3.8, 4) is 12.1 Å². The lowest BCUT2D eigenvalue weighted by Crippen LogP contribution is -2.55. The number of hydrogen-bond acceptors (Lipinski definition) is 8. The van der Waals surface area contributed by atoms with Crippen LogP contribution in [-0.2, 0) is 13.0 Å². The maximum Gasteiger partial charge on any atom is 0.407 e. The third kappa shape index (κ3) is 4.06. The van der Waals surface area contributed by atoms with E-state index in [1.165, 1.54) is 4.90 Å². The second-order valence-corrected chi connectivity index (χ2v) is 8.12. The number of piperazine rings is 1. The van der Waals surface area contributed by atoms with E-state index < -0.39 is 6.09 Å². The van der Waals surface area contributed by atoms with Crippen molar-refractivity contribution >= 4 is 11.9 Å². The lowest BCUT2D eigenvalue weighted by atomic mass is 9.78. The maximum atomic E-state index is 11.5. The Kier molecular flexibility index (Phi) is 5.43. The van der Waals surface area contributed by atoms with Crippen molar-refractivity contribution in [2.24, 2.45) is 5.73 Å². The van der Waals surface area contributed by atoms with Crippen LogP contribution in [0.5, 0.6) is 6.01 Å². The highest BCUT2D eigenvalue weighted by molar-refractivity contribution is 5.66. The molecule has 1 aromatic rings. The second-order valence-electron chi connectivity index (χ2n) is 8.12. The summed E-state index contributed by atoms with van der Waals surface area (Å²) in [6, 6.07) is 2.04. The number of carbonyl (C=O) groups is 1. The molecule has 3 heterocycles. The third-order valence-electron chi connectivity index (χ3n) is 6.09. The van der Waals surface area contributed by atoms with Gasteiger partial charge in [0.15, 0.2) is 0 Å². The number of amides is 1. The standard InChI is InChI=1S/C19H27N7O3/c20-6-2-13-11-25(8-9-26(13)18(27)28)16-14-3-7-22-10-15(14)23-17(24-16)29-12-19(21)4-1-5-19/h13,22H,1-5,7-12,21H2,(H,27,28). The quantitative estimate of drug-likeness (QED) is 0.642. The summed E-state index contributed by atoms with van der Waals surface area (Å²) in [6.45, 7) is 3.16. The molecule has 2 fully saturated rings. The van der Waals surface area contributed by atoms with Gasteiger partial charge in [-0.25, -0.2) is 4.79 Å². The number of nitrogens with two attached hydrogens (primary N) is 1. The van der Waals surface area contributed by atoms with Crippen LogP contribution < -0.4 is 20.7 Å². The molecular formula is C19H27N7O3. The molecule has 1 atom stereocenters. The molecule has 2 aliphatic heterocycles. The van der Waals surface area contributed by atoms with Gasteiger partial charge in [-0.05, 0) is 32.2 Å². The SMILES string of the molecule is N#CCC1CN(c2nc(OCC3(N)CCC3)nc3c2CCNC3)CCN1C(=O)O. The van der Waals surface area contributed by atoms with Gasteiger partial charge in [0.2, 0.25) is 0 Å². The summed E-state index contributed by atoms with van der Waals surface area (Å²) in [5.41, 5.74) is 7.96. The van der Waals surface area contributed by atoms with Gasteiger partial charge in [-0.3, -0.25) is 0 Å². The van der Waals surface area contributed by atoms with Crippen molar-refractivity contribution in [3.05, 3.63) is 11.3 Å². The van der Waals surface area contributed by atoms with E-state index in [-0.39, 0.29) is 18.0 Å². The van der Waals surface area contributed by atoms with E-state index in [2.05, 4.69) is 21.3 Å². The van der Waals surface area contributed by atoms with Crippen molar-refractivity contribution in [2.75, 3.05) is 37.7 Å². The van der Waals surface area contributed by atoms with E-state index >= 15 is 0 Å². The van der Waals surface area contributed by atoms with Gasteiger partial charge in [-0.15, -0.1) is 0 Å². The molecule has 4 N–H and O–H groups in total. The summed E-state index contributed by atoms with van der Waals surface area (Å²) in [5.74, 6) is 0.791. The number of hydrogen-bond donors (Lipinski definition) is 3. The molecule has 0 radical (unpaired) electrons. The highest BCUT2D eigenvalue weighted by Gasteiger charge is 2.35. The lowest BCUT2D eigenvalue weighted by Gasteiger charge is -2.41. The first kappa shape index (κ1) is 19.7. The number of aromatic nitrogens is 2. The van der Waals surface area contributed by atoms with Crippen LogP contribution in [0.1, 0.15) is 36.9 Å². The van der Waals surface area contributed by atoms with Gasteiger partial charge in [0, 0.05) is 31.7 Å². The molecule has 29 heavy (non-hydrogen) atoms. The molecular weight excluding hydrogens is 374 g/mol. The Balaban J connectivity index is 1.58. The van der Waals surface area contributed by atoms with E-state index in [1.54, 1.807) is 0 Å². The molecule has 10 heteroatoms. The molecule has 1 saturated heterocycles. The third-order valence-corrected chi connectivity index (χ3v) is 6.09. The molecule has 0 spiro atoms. The summed E-state index contributed by atoms with van der Waals surface area (Å²) in [6.07, 6.45) is 2.97. The zero-order valence-electron chi connectivity index (χ0n) is 16.4. The summed E-state index contributed by atoms with van der Waals surface area (Å²) in [7, 11) is 0. The monoisotopic (exact) mass is 401 g/mol. The minimum atomic E-state index is -0.989. The van der Waals surface area contributed by atoms with Crippen LogP contribution in [0.25, 0.3) is 0 Å². The Morgan fingerprint density at radius 2 is 2.24 bits per heavy atom. The average molecular weight is 401 g/mol. The Morgan fingerprint density at radius 3 is 2.93 bits per heavy atom. The van der Waals surface area contributed by atoms with Crippen LogP contribution in [-0.4, -0.2) is 70.4 Å². The van der Waals surface area contributed by atoms with Crippen molar-refractivity contribution < 1.29 is 14.6 Å². The van der Waals surface area contributed by atoms with Crippen molar-refractivity contribution in [3.63, 3.8) is 0 Å². The molecule has 4 rings (SSSR count). The van der Waals surface area contributed by atoms with Crippen molar-refractivity contribution in [1.29, 1.82) is 5.26 Å². The zero-order chi connectivity index (χ0) is 20.4. The van der Waals surface area contributed by atoms with E-state index in [9.17, 15) is 9.90 Å². The molecule has 1 amide bonds. The summed E-state index contributed by atoms with van der Waals surface area (Å²) in [4.78, 5) is 24.2. The average Bonchev–Trinajstić information content (AvgIpc) is 2.70. The predicted molar refractivity (Wildman–Crippen MR) is 105 cm³/mol. The van der Waals surface area contributed by atoms with Crippen LogP contribution in [0.2, 0.25) is 0 Å².